The van der Waals surface area contributed by atoms with Gasteiger partial charge in [0.2, 0.25) is 0 Å². The molecule has 4 heteroatoms. The minimum Gasteiger partial charge on any atom is -0.378 e. The van der Waals surface area contributed by atoms with Gasteiger partial charge in [0.1, 0.15) is 5.82 Å². The fourth-order valence-electron chi connectivity index (χ4n) is 3.65. The molecule has 122 valence electrons. The van der Waals surface area contributed by atoms with Gasteiger partial charge in [0.15, 0.2) is 0 Å². The lowest BCUT2D eigenvalue weighted by Gasteiger charge is -2.28. The second-order valence-electron chi connectivity index (χ2n) is 6.86. The van der Waals surface area contributed by atoms with E-state index < -0.39 is 0 Å². The Hall–Kier alpha value is -2.20. The number of aliphatic imine (C=N–C) groups is 1. The SMILES string of the molecule is c1cc(C2=NCc3ccc(C4CC4)cc32)cc(N2CCOCC2)n1. The molecule has 3 aliphatic rings. The van der Waals surface area contributed by atoms with E-state index in [1.165, 1.54) is 35.1 Å². The number of morpholine rings is 1. The van der Waals surface area contributed by atoms with Crippen LogP contribution in [0.15, 0.2) is 41.5 Å². The van der Waals surface area contributed by atoms with Gasteiger partial charge in [-0.25, -0.2) is 4.98 Å². The molecule has 0 radical (unpaired) electrons. The first-order chi connectivity index (χ1) is 11.9. The topological polar surface area (TPSA) is 37.7 Å². The molecule has 1 saturated carbocycles. The molecule has 0 spiro atoms. The van der Waals surface area contributed by atoms with Crippen molar-refractivity contribution in [1.82, 2.24) is 4.98 Å². The van der Waals surface area contributed by atoms with Gasteiger partial charge in [-0.15, -0.1) is 0 Å². The minimum atomic E-state index is 0.776. The van der Waals surface area contributed by atoms with Crippen LogP contribution in [0.1, 0.15) is 41.0 Å². The van der Waals surface area contributed by atoms with Crippen molar-refractivity contribution in [2.24, 2.45) is 4.99 Å². The van der Waals surface area contributed by atoms with E-state index in [0.717, 1.165) is 50.3 Å². The largest absolute Gasteiger partial charge is 0.378 e. The van der Waals surface area contributed by atoms with E-state index >= 15 is 0 Å². The maximum Gasteiger partial charge on any atom is 0.129 e. The molecule has 0 N–H and O–H groups in total. The molecule has 1 aromatic carbocycles. The number of aromatic nitrogens is 1. The molecule has 0 amide bonds. The number of nitrogens with zero attached hydrogens (tertiary/aromatic N) is 3. The zero-order chi connectivity index (χ0) is 15.9. The molecule has 4 nitrogen and oxygen atoms in total. The average molecular weight is 319 g/mol. The predicted octanol–water partition coefficient (Wildman–Crippen LogP) is 3.15. The second-order valence-corrected chi connectivity index (χ2v) is 6.86. The van der Waals surface area contributed by atoms with Crippen molar-refractivity contribution >= 4 is 11.5 Å². The lowest BCUT2D eigenvalue weighted by molar-refractivity contribution is 0.122. The Morgan fingerprint density at radius 1 is 1.04 bits per heavy atom. The van der Waals surface area contributed by atoms with Crippen molar-refractivity contribution in [2.45, 2.75) is 25.3 Å². The van der Waals surface area contributed by atoms with Gasteiger partial charge in [-0.3, -0.25) is 4.99 Å². The molecule has 0 unspecified atom stereocenters. The fourth-order valence-corrected chi connectivity index (χ4v) is 3.65. The molecule has 2 fully saturated rings. The van der Waals surface area contributed by atoms with Crippen molar-refractivity contribution in [2.75, 3.05) is 31.2 Å². The molecule has 24 heavy (non-hydrogen) atoms. The van der Waals surface area contributed by atoms with Crippen LogP contribution in [0.3, 0.4) is 0 Å². The smallest absolute Gasteiger partial charge is 0.129 e. The molecular formula is C20H21N3O. The Labute approximate surface area is 142 Å². The van der Waals surface area contributed by atoms with Gasteiger partial charge in [-0.1, -0.05) is 12.1 Å². The van der Waals surface area contributed by atoms with E-state index in [9.17, 15) is 0 Å². The third-order valence-electron chi connectivity index (χ3n) is 5.20. The average Bonchev–Trinajstić information content (AvgIpc) is 3.42. The van der Waals surface area contributed by atoms with Gasteiger partial charge >= 0.3 is 0 Å². The van der Waals surface area contributed by atoms with Crippen LogP contribution in [0.25, 0.3) is 0 Å². The molecule has 0 bridgehead atoms. The Balaban J connectivity index is 1.48. The number of rotatable bonds is 3. The summed E-state index contributed by atoms with van der Waals surface area (Å²) >= 11 is 0. The summed E-state index contributed by atoms with van der Waals surface area (Å²) in [4.78, 5) is 11.7. The second kappa shape index (κ2) is 5.71. The summed E-state index contributed by atoms with van der Waals surface area (Å²) in [5, 5.41) is 0. The molecule has 2 aliphatic heterocycles. The number of pyridine rings is 1. The van der Waals surface area contributed by atoms with Crippen molar-refractivity contribution in [3.05, 3.63) is 58.8 Å². The summed E-state index contributed by atoms with van der Waals surface area (Å²) in [6.07, 6.45) is 4.58. The zero-order valence-corrected chi connectivity index (χ0v) is 13.7. The highest BCUT2D eigenvalue weighted by atomic mass is 16.5. The quantitative estimate of drug-likeness (QED) is 0.872. The molecule has 3 heterocycles. The van der Waals surface area contributed by atoms with E-state index in [1.807, 2.05) is 6.20 Å². The normalized spacial score (nSPS) is 20.0. The van der Waals surface area contributed by atoms with Gasteiger partial charge in [0.05, 0.1) is 25.5 Å². The Morgan fingerprint density at radius 2 is 1.92 bits per heavy atom. The van der Waals surface area contributed by atoms with Crippen LogP contribution >= 0.6 is 0 Å². The third-order valence-corrected chi connectivity index (χ3v) is 5.20. The third kappa shape index (κ3) is 2.51. The zero-order valence-electron chi connectivity index (χ0n) is 13.7. The lowest BCUT2D eigenvalue weighted by Crippen LogP contribution is -2.36. The first-order valence-corrected chi connectivity index (χ1v) is 8.85. The van der Waals surface area contributed by atoms with E-state index in [4.69, 9.17) is 9.73 Å². The van der Waals surface area contributed by atoms with Gasteiger partial charge < -0.3 is 9.64 Å². The van der Waals surface area contributed by atoms with E-state index in [2.05, 4.69) is 40.2 Å². The highest BCUT2D eigenvalue weighted by molar-refractivity contribution is 6.15. The van der Waals surface area contributed by atoms with E-state index in [1.54, 1.807) is 0 Å². The highest BCUT2D eigenvalue weighted by Crippen LogP contribution is 2.41. The first-order valence-electron chi connectivity index (χ1n) is 8.85. The molecule has 5 rings (SSSR count). The Bertz CT molecular complexity index is 804. The van der Waals surface area contributed by atoms with Gasteiger partial charge in [-0.2, -0.15) is 0 Å². The molecule has 1 aliphatic carbocycles. The van der Waals surface area contributed by atoms with Crippen LogP contribution < -0.4 is 4.90 Å². The van der Waals surface area contributed by atoms with Crippen LogP contribution in [0, 0.1) is 0 Å². The number of ether oxygens (including phenoxy) is 1. The Morgan fingerprint density at radius 3 is 2.75 bits per heavy atom. The monoisotopic (exact) mass is 319 g/mol. The van der Waals surface area contributed by atoms with Crippen LogP contribution in [-0.4, -0.2) is 37.0 Å². The summed E-state index contributed by atoms with van der Waals surface area (Å²) in [6.45, 7) is 4.17. The standard InChI is InChI=1S/C20H21N3O/c1-2-14(1)15-3-4-17-13-22-20(18(17)11-15)16-5-6-21-19(12-16)23-7-9-24-10-8-23/h3-6,11-12,14H,1-2,7-10,13H2. The summed E-state index contributed by atoms with van der Waals surface area (Å²) in [6, 6.07) is 11.2. The van der Waals surface area contributed by atoms with Crippen molar-refractivity contribution in [3.63, 3.8) is 0 Å². The summed E-state index contributed by atoms with van der Waals surface area (Å²) in [5.74, 6) is 1.81. The number of hydrogen-bond acceptors (Lipinski definition) is 4. The summed E-state index contributed by atoms with van der Waals surface area (Å²) < 4.78 is 5.45. The van der Waals surface area contributed by atoms with Crippen molar-refractivity contribution < 1.29 is 4.74 Å². The maximum atomic E-state index is 5.45. The first kappa shape index (κ1) is 14.2. The lowest BCUT2D eigenvalue weighted by atomic mass is 9.97. The van der Waals surface area contributed by atoms with Gasteiger partial charge in [0.25, 0.3) is 0 Å². The molecule has 2 aromatic rings. The molecular weight excluding hydrogens is 298 g/mol. The summed E-state index contributed by atoms with van der Waals surface area (Å²) in [7, 11) is 0. The van der Waals surface area contributed by atoms with Crippen molar-refractivity contribution in [3.8, 4) is 0 Å². The fraction of sp³-hybridized carbons (Fsp3) is 0.400. The van der Waals surface area contributed by atoms with Crippen LogP contribution in [0.4, 0.5) is 5.82 Å². The summed E-state index contributed by atoms with van der Waals surface area (Å²) in [5.41, 5.74) is 6.45. The number of benzene rings is 1. The molecule has 0 atom stereocenters. The number of hydrogen-bond donors (Lipinski definition) is 0. The predicted molar refractivity (Wildman–Crippen MR) is 95.0 cm³/mol. The van der Waals surface area contributed by atoms with Crippen molar-refractivity contribution in [1.29, 1.82) is 0 Å². The van der Waals surface area contributed by atoms with E-state index in [0.29, 0.717) is 0 Å². The number of fused-ring (bicyclic) bond motifs is 1. The molecule has 1 saturated heterocycles. The van der Waals surface area contributed by atoms with Crippen LogP contribution in [-0.2, 0) is 11.3 Å². The minimum absolute atomic E-state index is 0.776. The highest BCUT2D eigenvalue weighted by Gasteiger charge is 2.26. The van der Waals surface area contributed by atoms with Crippen LogP contribution in [0.5, 0.6) is 0 Å². The van der Waals surface area contributed by atoms with Gasteiger partial charge in [0, 0.05) is 30.4 Å². The van der Waals surface area contributed by atoms with E-state index in [-0.39, 0.29) is 0 Å². The van der Waals surface area contributed by atoms with Gasteiger partial charge in [-0.05, 0) is 48.1 Å². The number of anilines is 1. The maximum absolute atomic E-state index is 5.45. The van der Waals surface area contributed by atoms with Crippen LogP contribution in [0.2, 0.25) is 0 Å². The Kier molecular flexibility index (Phi) is 3.37. The molecule has 1 aromatic heterocycles.